The Hall–Kier alpha value is -4.17. The highest BCUT2D eigenvalue weighted by Crippen LogP contribution is 2.43. The zero-order valence-electron chi connectivity index (χ0n) is 30.8. The number of fused-ring (bicyclic) bond motifs is 4. The van der Waals surface area contributed by atoms with Crippen LogP contribution >= 0.6 is 11.6 Å². The molecule has 0 aliphatic carbocycles. The summed E-state index contributed by atoms with van der Waals surface area (Å²) in [6, 6.07) is 27.9. The molecule has 2 atom stereocenters. The average molecular weight is 703 g/mol. The first-order chi connectivity index (χ1) is 24.9. The fourth-order valence-corrected chi connectivity index (χ4v) is 8.33. The Bertz CT molecular complexity index is 2100. The topological polar surface area (TPSA) is 56.8 Å². The van der Waals surface area contributed by atoms with Crippen molar-refractivity contribution in [3.63, 3.8) is 0 Å². The van der Waals surface area contributed by atoms with Gasteiger partial charge in [0.15, 0.2) is 0 Å². The van der Waals surface area contributed by atoms with E-state index in [1.165, 1.54) is 16.9 Å². The number of halogens is 1. The van der Waals surface area contributed by atoms with Crippen molar-refractivity contribution in [1.82, 2.24) is 19.8 Å². The van der Waals surface area contributed by atoms with Crippen molar-refractivity contribution in [1.29, 1.82) is 0 Å². The predicted octanol–water partition coefficient (Wildman–Crippen LogP) is 9.95. The van der Waals surface area contributed by atoms with Gasteiger partial charge in [0.25, 0.3) is 0 Å². The third-order valence-corrected chi connectivity index (χ3v) is 11.2. The van der Waals surface area contributed by atoms with Crippen LogP contribution in [0.5, 0.6) is 5.75 Å². The minimum Gasteiger partial charge on any atom is -0.497 e. The van der Waals surface area contributed by atoms with E-state index in [1.54, 1.807) is 7.11 Å². The van der Waals surface area contributed by atoms with Crippen molar-refractivity contribution in [3.8, 4) is 5.75 Å². The molecule has 1 N–H and O–H groups in total. The van der Waals surface area contributed by atoms with E-state index in [0.29, 0.717) is 5.02 Å². The number of para-hydroxylation sites is 2. The van der Waals surface area contributed by atoms with Crippen LogP contribution in [0.1, 0.15) is 58.1 Å². The van der Waals surface area contributed by atoms with Gasteiger partial charge in [0.05, 0.1) is 40.6 Å². The summed E-state index contributed by atoms with van der Waals surface area (Å²) in [6.07, 6.45) is 4.26. The Balaban J connectivity index is 1.30. The van der Waals surface area contributed by atoms with Gasteiger partial charge in [0, 0.05) is 58.8 Å². The molecule has 2 aromatic heterocycles. The molecule has 7 rings (SSSR count). The average Bonchev–Trinajstić information content (AvgIpc) is 3.16. The van der Waals surface area contributed by atoms with Crippen LogP contribution in [-0.4, -0.2) is 79.2 Å². The van der Waals surface area contributed by atoms with Crippen molar-refractivity contribution in [3.05, 3.63) is 89.4 Å². The Morgan fingerprint density at radius 1 is 0.824 bits per heavy atom. The number of hydrogen-bond acceptors (Lipinski definition) is 7. The van der Waals surface area contributed by atoms with Gasteiger partial charge < -0.3 is 19.9 Å². The summed E-state index contributed by atoms with van der Waals surface area (Å²) in [5.41, 5.74) is 7.55. The van der Waals surface area contributed by atoms with E-state index in [4.69, 9.17) is 26.3 Å². The maximum Gasteiger partial charge on any atom is 0.120 e. The Morgan fingerprint density at radius 2 is 1.53 bits per heavy atom. The third-order valence-electron chi connectivity index (χ3n) is 11.0. The molecule has 0 radical (unpaired) electrons. The predicted molar refractivity (Wildman–Crippen MR) is 217 cm³/mol. The van der Waals surface area contributed by atoms with Gasteiger partial charge >= 0.3 is 0 Å². The van der Waals surface area contributed by atoms with Crippen LogP contribution in [0.25, 0.3) is 43.6 Å². The first-order valence-electron chi connectivity index (χ1n) is 18.7. The minimum absolute atomic E-state index is 0.148. The van der Waals surface area contributed by atoms with Crippen molar-refractivity contribution in [2.75, 3.05) is 63.6 Å². The highest BCUT2D eigenvalue weighted by atomic mass is 35.5. The number of rotatable bonds is 13. The first kappa shape index (κ1) is 35.2. The quantitative estimate of drug-likeness (QED) is 0.0950. The second-order valence-corrected chi connectivity index (χ2v) is 14.4. The zero-order chi connectivity index (χ0) is 35.5. The summed E-state index contributed by atoms with van der Waals surface area (Å²) in [6.45, 7) is 13.0. The zero-order valence-corrected chi connectivity index (χ0v) is 31.5. The lowest BCUT2D eigenvalue weighted by Crippen LogP contribution is -2.41. The summed E-state index contributed by atoms with van der Waals surface area (Å²) in [4.78, 5) is 17.9. The molecule has 0 spiro atoms. The van der Waals surface area contributed by atoms with E-state index in [0.717, 1.165) is 114 Å². The third kappa shape index (κ3) is 7.17. The Morgan fingerprint density at radius 3 is 2.22 bits per heavy atom. The van der Waals surface area contributed by atoms with Gasteiger partial charge in [-0.25, -0.2) is 9.97 Å². The lowest BCUT2D eigenvalue weighted by atomic mass is 9.89. The molecule has 4 aromatic carbocycles. The molecule has 0 amide bonds. The summed E-state index contributed by atoms with van der Waals surface area (Å²) in [5.74, 6) is 0.862. The van der Waals surface area contributed by atoms with Crippen LogP contribution in [0.15, 0.2) is 78.9 Å². The molecule has 1 fully saturated rings. The monoisotopic (exact) mass is 702 g/mol. The lowest BCUT2D eigenvalue weighted by molar-refractivity contribution is 0.149. The van der Waals surface area contributed by atoms with Gasteiger partial charge in [-0.05, 0) is 99.9 Å². The second-order valence-electron chi connectivity index (χ2n) is 13.9. The summed E-state index contributed by atoms with van der Waals surface area (Å²) < 4.78 is 6.04. The highest BCUT2D eigenvalue weighted by molar-refractivity contribution is 6.31. The fraction of sp³-hybridized carbons (Fsp3) is 0.395. The molecule has 1 aliphatic rings. The number of pyridine rings is 2. The number of nitrogens with one attached hydrogen (secondary N) is 1. The number of piperidine rings is 1. The minimum atomic E-state index is 0.148. The number of nitrogens with zero attached hydrogens (tertiary/aromatic N) is 5. The van der Waals surface area contributed by atoms with Gasteiger partial charge in [-0.3, -0.25) is 4.90 Å². The fourth-order valence-electron chi connectivity index (χ4n) is 8.16. The molecule has 1 saturated heterocycles. The second kappa shape index (κ2) is 15.6. The number of hydrogen-bond donors (Lipinski definition) is 1. The number of anilines is 2. The van der Waals surface area contributed by atoms with Crippen molar-refractivity contribution in [2.24, 2.45) is 0 Å². The smallest absolute Gasteiger partial charge is 0.120 e. The summed E-state index contributed by atoms with van der Waals surface area (Å²) >= 11 is 6.62. The molecule has 6 aromatic rings. The number of benzene rings is 4. The van der Waals surface area contributed by atoms with Crippen LogP contribution in [0, 0.1) is 0 Å². The molecule has 8 heteroatoms. The maximum absolute atomic E-state index is 6.62. The van der Waals surface area contributed by atoms with Crippen LogP contribution < -0.4 is 15.0 Å². The molecule has 7 nitrogen and oxygen atoms in total. The normalized spacial score (nSPS) is 16.8. The Kier molecular flexibility index (Phi) is 10.8. The van der Waals surface area contributed by atoms with Crippen molar-refractivity contribution < 1.29 is 4.74 Å². The van der Waals surface area contributed by atoms with E-state index < -0.39 is 0 Å². The van der Waals surface area contributed by atoms with Gasteiger partial charge in [0.1, 0.15) is 5.75 Å². The van der Waals surface area contributed by atoms with E-state index in [1.807, 2.05) is 12.1 Å². The van der Waals surface area contributed by atoms with Gasteiger partial charge in [-0.15, -0.1) is 0 Å². The molecule has 266 valence electrons. The standard InChI is InChI=1S/C43H51ClN6O/c1-6-49(7-2)23-14-13-22-48(4)43-34-20-19-29(44)25-39(34)47-42-35(27-31(51-5)28-36(42)43)40-26-30(21-24-50(40)8-3)45-41-32-15-9-11-17-37(32)46-38-18-12-10-16-33(38)41/h9-12,15-20,25,27-28,30,40H,6-8,13-14,21-24,26H2,1-5H3,(H,45,46). The molecule has 51 heavy (non-hydrogen) atoms. The molecular weight excluding hydrogens is 652 g/mol. The lowest BCUT2D eigenvalue weighted by Gasteiger charge is -2.40. The van der Waals surface area contributed by atoms with E-state index in [2.05, 4.69) is 115 Å². The molecule has 3 heterocycles. The van der Waals surface area contributed by atoms with Gasteiger partial charge in [0.2, 0.25) is 0 Å². The number of ether oxygens (including phenoxy) is 1. The largest absolute Gasteiger partial charge is 0.497 e. The van der Waals surface area contributed by atoms with E-state index >= 15 is 0 Å². The summed E-state index contributed by atoms with van der Waals surface area (Å²) in [5, 5.41) is 9.31. The van der Waals surface area contributed by atoms with E-state index in [-0.39, 0.29) is 12.1 Å². The van der Waals surface area contributed by atoms with Crippen LogP contribution in [-0.2, 0) is 0 Å². The summed E-state index contributed by atoms with van der Waals surface area (Å²) in [7, 11) is 4.00. The number of methoxy groups -OCH3 is 1. The molecular formula is C43H51ClN6O. The van der Waals surface area contributed by atoms with Crippen LogP contribution in [0.2, 0.25) is 5.02 Å². The SMILES string of the molecule is CCN(CC)CCCCN(C)c1c2ccc(Cl)cc2nc2c(C3CC(Nc4c5ccccc5nc5ccccc45)CCN3CC)cc(OC)cc12. The highest BCUT2D eigenvalue weighted by Gasteiger charge is 2.32. The maximum atomic E-state index is 6.62. The Labute approximate surface area is 307 Å². The van der Waals surface area contributed by atoms with E-state index in [9.17, 15) is 0 Å². The van der Waals surface area contributed by atoms with Crippen LogP contribution in [0.4, 0.5) is 11.4 Å². The molecule has 1 aliphatic heterocycles. The van der Waals surface area contributed by atoms with Crippen molar-refractivity contribution >= 4 is 66.6 Å². The number of unbranched alkanes of at least 4 members (excludes halogenated alkanes) is 1. The van der Waals surface area contributed by atoms with Crippen LogP contribution in [0.3, 0.4) is 0 Å². The molecule has 2 unspecified atom stereocenters. The first-order valence-corrected chi connectivity index (χ1v) is 19.1. The van der Waals surface area contributed by atoms with Gasteiger partial charge in [-0.1, -0.05) is 68.8 Å². The molecule has 0 saturated carbocycles. The number of aromatic nitrogens is 2. The molecule has 0 bridgehead atoms. The number of likely N-dealkylation sites (tertiary alicyclic amines) is 1. The van der Waals surface area contributed by atoms with Gasteiger partial charge in [-0.2, -0.15) is 0 Å². The van der Waals surface area contributed by atoms with Crippen molar-refractivity contribution in [2.45, 2.75) is 58.5 Å².